The highest BCUT2D eigenvalue weighted by Gasteiger charge is 2.23. The summed E-state index contributed by atoms with van der Waals surface area (Å²) < 4.78 is 0. The quantitative estimate of drug-likeness (QED) is 0.946. The summed E-state index contributed by atoms with van der Waals surface area (Å²) in [5.41, 5.74) is 1.97. The minimum atomic E-state index is 0.151. The molecule has 5 nitrogen and oxygen atoms in total. The third kappa shape index (κ3) is 3.42. The average molecular weight is 296 g/mol. The third-order valence-corrected chi connectivity index (χ3v) is 4.01. The van der Waals surface area contributed by atoms with Crippen LogP contribution in [0.4, 0.5) is 11.5 Å². The molecule has 0 bridgehead atoms. The lowest BCUT2D eigenvalue weighted by Gasteiger charge is -2.31. The van der Waals surface area contributed by atoms with Gasteiger partial charge in [-0.2, -0.15) is 0 Å². The Morgan fingerprint density at radius 1 is 1.27 bits per heavy atom. The summed E-state index contributed by atoms with van der Waals surface area (Å²) in [5.74, 6) is 1.29. The average Bonchev–Trinajstić information content (AvgIpc) is 2.56. The number of amides is 1. The van der Waals surface area contributed by atoms with Gasteiger partial charge in [0.05, 0.1) is 11.9 Å². The maximum Gasteiger partial charge on any atom is 0.219 e. The van der Waals surface area contributed by atoms with Crippen LogP contribution in [0, 0.1) is 0 Å². The Morgan fingerprint density at radius 3 is 2.86 bits per heavy atom. The Morgan fingerprint density at radius 2 is 2.18 bits per heavy atom. The zero-order valence-corrected chi connectivity index (χ0v) is 12.7. The summed E-state index contributed by atoms with van der Waals surface area (Å²) in [7, 11) is 0. The zero-order valence-electron chi connectivity index (χ0n) is 12.7. The predicted molar refractivity (Wildman–Crippen MR) is 86.0 cm³/mol. The maximum atomic E-state index is 11.5. The van der Waals surface area contributed by atoms with Crippen molar-refractivity contribution in [3.63, 3.8) is 0 Å². The van der Waals surface area contributed by atoms with Gasteiger partial charge in [0.2, 0.25) is 5.91 Å². The highest BCUT2D eigenvalue weighted by Crippen LogP contribution is 2.26. The van der Waals surface area contributed by atoms with E-state index in [9.17, 15) is 4.79 Å². The Labute approximate surface area is 130 Å². The minimum absolute atomic E-state index is 0.151. The number of piperidine rings is 1. The molecule has 3 rings (SSSR count). The Bertz CT molecular complexity index is 627. The van der Waals surface area contributed by atoms with Gasteiger partial charge < -0.3 is 10.2 Å². The molecule has 114 valence electrons. The standard InChI is InChI=1S/C17H20N4O/c1-13(22)21-10-4-5-14(12-21)16-8-7-15(11-19-16)20-17-6-2-3-9-18-17/h2-3,6-9,11,14H,4-5,10,12H2,1H3,(H,18,20). The van der Waals surface area contributed by atoms with Crippen molar-refractivity contribution in [3.05, 3.63) is 48.4 Å². The van der Waals surface area contributed by atoms with Crippen molar-refractivity contribution in [3.8, 4) is 0 Å². The second-order valence-corrected chi connectivity index (χ2v) is 5.62. The van der Waals surface area contributed by atoms with E-state index >= 15 is 0 Å². The first-order valence-electron chi connectivity index (χ1n) is 7.62. The van der Waals surface area contributed by atoms with Gasteiger partial charge in [-0.05, 0) is 37.1 Å². The van der Waals surface area contributed by atoms with Crippen LogP contribution in [0.3, 0.4) is 0 Å². The van der Waals surface area contributed by atoms with E-state index in [0.717, 1.165) is 43.1 Å². The number of likely N-dealkylation sites (tertiary alicyclic amines) is 1. The van der Waals surface area contributed by atoms with Crippen LogP contribution in [0.25, 0.3) is 0 Å². The molecule has 0 aromatic carbocycles. The fourth-order valence-electron chi connectivity index (χ4n) is 2.81. The van der Waals surface area contributed by atoms with Gasteiger partial charge in [0.1, 0.15) is 5.82 Å². The van der Waals surface area contributed by atoms with Crippen molar-refractivity contribution in [1.29, 1.82) is 0 Å². The van der Waals surface area contributed by atoms with Crippen LogP contribution in [-0.4, -0.2) is 33.9 Å². The van der Waals surface area contributed by atoms with Gasteiger partial charge in [-0.15, -0.1) is 0 Å². The normalized spacial score (nSPS) is 18.0. The first kappa shape index (κ1) is 14.5. The van der Waals surface area contributed by atoms with Gasteiger partial charge in [-0.25, -0.2) is 4.98 Å². The summed E-state index contributed by atoms with van der Waals surface area (Å²) in [6.07, 6.45) is 5.71. The summed E-state index contributed by atoms with van der Waals surface area (Å²) >= 11 is 0. The monoisotopic (exact) mass is 296 g/mol. The lowest BCUT2D eigenvalue weighted by atomic mass is 9.94. The number of pyridine rings is 2. The van der Waals surface area contributed by atoms with E-state index in [0.29, 0.717) is 5.92 Å². The highest BCUT2D eigenvalue weighted by atomic mass is 16.2. The van der Waals surface area contributed by atoms with Crippen molar-refractivity contribution in [2.45, 2.75) is 25.7 Å². The molecule has 1 amide bonds. The smallest absolute Gasteiger partial charge is 0.219 e. The van der Waals surface area contributed by atoms with Crippen LogP contribution in [0.5, 0.6) is 0 Å². The van der Waals surface area contributed by atoms with E-state index in [-0.39, 0.29) is 5.91 Å². The van der Waals surface area contributed by atoms with Crippen LogP contribution in [-0.2, 0) is 4.79 Å². The van der Waals surface area contributed by atoms with E-state index in [4.69, 9.17) is 0 Å². The lowest BCUT2D eigenvalue weighted by Crippen LogP contribution is -2.37. The van der Waals surface area contributed by atoms with Gasteiger partial charge in [-0.3, -0.25) is 9.78 Å². The first-order chi connectivity index (χ1) is 10.7. The van der Waals surface area contributed by atoms with Crippen molar-refractivity contribution in [2.24, 2.45) is 0 Å². The van der Waals surface area contributed by atoms with Gasteiger partial charge in [0, 0.05) is 37.8 Å². The largest absolute Gasteiger partial charge is 0.342 e. The number of hydrogen-bond acceptors (Lipinski definition) is 4. The molecule has 22 heavy (non-hydrogen) atoms. The van der Waals surface area contributed by atoms with E-state index in [1.54, 1.807) is 13.1 Å². The summed E-state index contributed by atoms with van der Waals surface area (Å²) in [4.78, 5) is 22.2. The van der Waals surface area contributed by atoms with Crippen molar-refractivity contribution < 1.29 is 4.79 Å². The second-order valence-electron chi connectivity index (χ2n) is 5.62. The molecule has 0 saturated carbocycles. The molecular weight excluding hydrogens is 276 g/mol. The molecule has 2 aromatic rings. The fourth-order valence-corrected chi connectivity index (χ4v) is 2.81. The molecule has 0 radical (unpaired) electrons. The number of nitrogens with zero attached hydrogens (tertiary/aromatic N) is 3. The SMILES string of the molecule is CC(=O)N1CCCC(c2ccc(Nc3ccccn3)cn2)C1. The number of carbonyl (C=O) groups excluding carboxylic acids is 1. The maximum absolute atomic E-state index is 11.5. The number of anilines is 2. The molecule has 1 atom stereocenters. The summed E-state index contributed by atoms with van der Waals surface area (Å²) in [6, 6.07) is 9.80. The number of nitrogens with one attached hydrogen (secondary N) is 1. The molecular formula is C17H20N4O. The molecule has 1 fully saturated rings. The molecule has 1 aliphatic rings. The van der Waals surface area contributed by atoms with Crippen LogP contribution in [0.2, 0.25) is 0 Å². The minimum Gasteiger partial charge on any atom is -0.342 e. The van der Waals surface area contributed by atoms with Crippen LogP contribution in [0.15, 0.2) is 42.7 Å². The van der Waals surface area contributed by atoms with E-state index in [2.05, 4.69) is 15.3 Å². The summed E-state index contributed by atoms with van der Waals surface area (Å²) in [6.45, 7) is 3.27. The van der Waals surface area contributed by atoms with Crippen molar-refractivity contribution in [1.82, 2.24) is 14.9 Å². The molecule has 0 spiro atoms. The second kappa shape index (κ2) is 6.56. The van der Waals surface area contributed by atoms with Crippen molar-refractivity contribution >= 4 is 17.4 Å². The van der Waals surface area contributed by atoms with Gasteiger partial charge in [0.15, 0.2) is 0 Å². The summed E-state index contributed by atoms with van der Waals surface area (Å²) in [5, 5.41) is 3.22. The van der Waals surface area contributed by atoms with Gasteiger partial charge in [0.25, 0.3) is 0 Å². The molecule has 1 aliphatic heterocycles. The predicted octanol–water partition coefficient (Wildman–Crippen LogP) is 2.95. The number of aromatic nitrogens is 2. The van der Waals surface area contributed by atoms with Crippen LogP contribution < -0.4 is 5.32 Å². The molecule has 3 heterocycles. The molecule has 1 saturated heterocycles. The van der Waals surface area contributed by atoms with E-state index < -0.39 is 0 Å². The van der Waals surface area contributed by atoms with Gasteiger partial charge in [-0.1, -0.05) is 6.07 Å². The highest BCUT2D eigenvalue weighted by molar-refractivity contribution is 5.73. The molecule has 1 N–H and O–H groups in total. The number of rotatable bonds is 3. The molecule has 0 aliphatic carbocycles. The van der Waals surface area contributed by atoms with E-state index in [1.165, 1.54) is 0 Å². The topological polar surface area (TPSA) is 58.1 Å². The Hall–Kier alpha value is -2.43. The molecule has 1 unspecified atom stereocenters. The first-order valence-corrected chi connectivity index (χ1v) is 7.62. The lowest BCUT2D eigenvalue weighted by molar-refractivity contribution is -0.130. The third-order valence-electron chi connectivity index (χ3n) is 4.01. The Balaban J connectivity index is 1.67. The zero-order chi connectivity index (χ0) is 15.4. The van der Waals surface area contributed by atoms with Crippen LogP contribution in [0.1, 0.15) is 31.4 Å². The van der Waals surface area contributed by atoms with E-state index in [1.807, 2.05) is 41.4 Å². The Kier molecular flexibility index (Phi) is 4.32. The van der Waals surface area contributed by atoms with Crippen LogP contribution >= 0.6 is 0 Å². The molecule has 2 aromatic heterocycles. The number of carbonyl (C=O) groups is 1. The van der Waals surface area contributed by atoms with Crippen molar-refractivity contribution in [2.75, 3.05) is 18.4 Å². The number of hydrogen-bond donors (Lipinski definition) is 1. The fraction of sp³-hybridized carbons (Fsp3) is 0.353. The van der Waals surface area contributed by atoms with Gasteiger partial charge >= 0.3 is 0 Å². The molecule has 5 heteroatoms.